The van der Waals surface area contributed by atoms with Gasteiger partial charge in [0.15, 0.2) is 0 Å². The van der Waals surface area contributed by atoms with Crippen LogP contribution in [0.2, 0.25) is 0 Å². The topological polar surface area (TPSA) is 80.6 Å². The molecular formula is C24H23BrF2N2O4. The minimum atomic E-state index is -1.50. The number of nitrogens with one attached hydrogen (secondary N) is 1. The molecule has 3 rings (SSSR count). The van der Waals surface area contributed by atoms with Crippen LogP contribution in [0.25, 0.3) is 0 Å². The van der Waals surface area contributed by atoms with E-state index in [0.717, 1.165) is 17.7 Å². The number of halogens is 3. The SMILES string of the molecule is Cc1cc(OCc2ccc(F)cc2F)c(Br)c(=O)n1Cc1ccc(NC(=O)C(C)(C)O)cc1. The Morgan fingerprint density at radius 3 is 2.42 bits per heavy atom. The van der Waals surface area contributed by atoms with Crippen molar-refractivity contribution in [2.45, 2.75) is 39.5 Å². The molecule has 0 aliphatic carbocycles. The zero-order valence-corrected chi connectivity index (χ0v) is 19.9. The molecule has 0 fully saturated rings. The summed E-state index contributed by atoms with van der Waals surface area (Å²) in [6, 6.07) is 11.8. The van der Waals surface area contributed by atoms with Gasteiger partial charge in [-0.25, -0.2) is 8.78 Å². The Labute approximate surface area is 198 Å². The van der Waals surface area contributed by atoms with E-state index in [0.29, 0.717) is 11.4 Å². The van der Waals surface area contributed by atoms with Crippen LogP contribution >= 0.6 is 15.9 Å². The first kappa shape index (κ1) is 24.6. The number of aromatic nitrogens is 1. The molecule has 0 saturated carbocycles. The molecule has 3 aromatic rings. The molecule has 0 bridgehead atoms. The Hall–Kier alpha value is -3.04. The Morgan fingerprint density at radius 2 is 1.82 bits per heavy atom. The maximum atomic E-state index is 13.8. The van der Waals surface area contributed by atoms with Gasteiger partial charge < -0.3 is 19.7 Å². The standard InChI is InChI=1S/C24H23BrF2N2O4/c1-14-10-20(33-13-16-6-7-17(26)11-19(16)27)21(25)22(30)29(14)12-15-4-8-18(9-5-15)28-23(31)24(2,3)32/h4-11,32H,12-13H2,1-3H3,(H,28,31). The van der Waals surface area contributed by atoms with Gasteiger partial charge in [0.05, 0.1) is 6.54 Å². The van der Waals surface area contributed by atoms with Gasteiger partial charge in [-0.15, -0.1) is 0 Å². The molecule has 1 aromatic heterocycles. The number of ether oxygens (including phenoxy) is 1. The number of carbonyl (C=O) groups is 1. The molecule has 0 spiro atoms. The van der Waals surface area contributed by atoms with Crippen LogP contribution in [0.1, 0.15) is 30.7 Å². The highest BCUT2D eigenvalue weighted by Gasteiger charge is 2.23. The van der Waals surface area contributed by atoms with E-state index in [9.17, 15) is 23.5 Å². The van der Waals surface area contributed by atoms with Gasteiger partial charge in [-0.2, -0.15) is 0 Å². The number of anilines is 1. The lowest BCUT2D eigenvalue weighted by molar-refractivity contribution is -0.130. The summed E-state index contributed by atoms with van der Waals surface area (Å²) in [7, 11) is 0. The number of hydrogen-bond acceptors (Lipinski definition) is 4. The smallest absolute Gasteiger partial charge is 0.269 e. The lowest BCUT2D eigenvalue weighted by atomic mass is 10.1. The second kappa shape index (κ2) is 9.84. The van der Waals surface area contributed by atoms with Crippen LogP contribution in [0.3, 0.4) is 0 Å². The van der Waals surface area contributed by atoms with E-state index in [-0.39, 0.29) is 34.5 Å². The Morgan fingerprint density at radius 1 is 1.15 bits per heavy atom. The van der Waals surface area contributed by atoms with Crippen molar-refractivity contribution in [3.63, 3.8) is 0 Å². The van der Waals surface area contributed by atoms with Crippen molar-refractivity contribution in [1.82, 2.24) is 4.57 Å². The Balaban J connectivity index is 1.75. The third kappa shape index (κ3) is 6.06. The first-order valence-corrected chi connectivity index (χ1v) is 10.8. The van der Waals surface area contributed by atoms with Crippen LogP contribution in [0, 0.1) is 18.6 Å². The predicted octanol–water partition coefficient (Wildman–Crippen LogP) is 4.53. The molecular weight excluding hydrogens is 498 g/mol. The third-order valence-corrected chi connectivity index (χ3v) is 5.65. The highest BCUT2D eigenvalue weighted by Crippen LogP contribution is 2.24. The van der Waals surface area contributed by atoms with Crippen molar-refractivity contribution < 1.29 is 23.4 Å². The molecule has 174 valence electrons. The summed E-state index contributed by atoms with van der Waals surface area (Å²) in [4.78, 5) is 24.8. The summed E-state index contributed by atoms with van der Waals surface area (Å²) >= 11 is 3.26. The van der Waals surface area contributed by atoms with Gasteiger partial charge in [0, 0.05) is 29.1 Å². The molecule has 9 heteroatoms. The number of aryl methyl sites for hydroxylation is 1. The summed E-state index contributed by atoms with van der Waals surface area (Å²) < 4.78 is 34.2. The molecule has 1 heterocycles. The van der Waals surface area contributed by atoms with Crippen LogP contribution in [-0.4, -0.2) is 21.2 Å². The zero-order chi connectivity index (χ0) is 24.3. The van der Waals surface area contributed by atoms with Crippen LogP contribution in [0.5, 0.6) is 5.75 Å². The molecule has 0 aliphatic rings. The minimum Gasteiger partial charge on any atom is -0.487 e. The maximum Gasteiger partial charge on any atom is 0.269 e. The van der Waals surface area contributed by atoms with Crippen LogP contribution in [-0.2, 0) is 17.9 Å². The largest absolute Gasteiger partial charge is 0.487 e. The Bertz CT molecular complexity index is 1230. The molecule has 1 amide bonds. The summed E-state index contributed by atoms with van der Waals surface area (Å²) in [5.74, 6) is -1.67. The van der Waals surface area contributed by atoms with Gasteiger partial charge in [0.1, 0.15) is 34.1 Å². The first-order chi connectivity index (χ1) is 15.5. The molecule has 33 heavy (non-hydrogen) atoms. The van der Waals surface area contributed by atoms with Crippen molar-refractivity contribution in [2.24, 2.45) is 0 Å². The second-order valence-corrected chi connectivity index (χ2v) is 8.88. The van der Waals surface area contributed by atoms with E-state index in [1.165, 1.54) is 19.9 Å². The monoisotopic (exact) mass is 520 g/mol. The molecule has 2 N–H and O–H groups in total. The minimum absolute atomic E-state index is 0.161. The van der Waals surface area contributed by atoms with Crippen LogP contribution < -0.4 is 15.6 Å². The van der Waals surface area contributed by atoms with E-state index in [1.807, 2.05) is 0 Å². The highest BCUT2D eigenvalue weighted by atomic mass is 79.9. The predicted molar refractivity (Wildman–Crippen MR) is 124 cm³/mol. The van der Waals surface area contributed by atoms with Crippen LogP contribution in [0.4, 0.5) is 14.5 Å². The highest BCUT2D eigenvalue weighted by molar-refractivity contribution is 9.10. The van der Waals surface area contributed by atoms with Crippen molar-refractivity contribution in [3.05, 3.63) is 91.8 Å². The quantitative estimate of drug-likeness (QED) is 0.479. The lowest BCUT2D eigenvalue weighted by Gasteiger charge is -2.17. The number of hydrogen-bond donors (Lipinski definition) is 2. The fraction of sp³-hybridized carbons (Fsp3) is 0.250. The summed E-state index contributed by atoms with van der Waals surface area (Å²) in [5, 5.41) is 12.4. The average Bonchev–Trinajstić information content (AvgIpc) is 2.74. The van der Waals surface area contributed by atoms with Gasteiger partial charge in [-0.05, 0) is 66.5 Å². The number of amides is 1. The summed E-state index contributed by atoms with van der Waals surface area (Å²) in [6.45, 7) is 4.65. The number of pyridine rings is 1. The van der Waals surface area contributed by atoms with Crippen molar-refractivity contribution in [2.75, 3.05) is 5.32 Å². The normalized spacial score (nSPS) is 11.4. The third-order valence-electron chi connectivity index (χ3n) is 4.92. The number of nitrogens with zero attached hydrogens (tertiary/aromatic N) is 1. The molecule has 0 atom stereocenters. The van der Waals surface area contributed by atoms with Gasteiger partial charge in [0.2, 0.25) is 0 Å². The van der Waals surface area contributed by atoms with E-state index >= 15 is 0 Å². The fourth-order valence-electron chi connectivity index (χ4n) is 2.97. The van der Waals surface area contributed by atoms with Gasteiger partial charge >= 0.3 is 0 Å². The molecule has 2 aromatic carbocycles. The van der Waals surface area contributed by atoms with E-state index in [2.05, 4.69) is 21.2 Å². The fourth-order valence-corrected chi connectivity index (χ4v) is 3.41. The number of benzene rings is 2. The zero-order valence-electron chi connectivity index (χ0n) is 18.3. The van der Waals surface area contributed by atoms with E-state index < -0.39 is 23.1 Å². The Kier molecular flexibility index (Phi) is 7.34. The number of carbonyl (C=O) groups excluding carboxylic acids is 1. The van der Waals surface area contributed by atoms with Crippen LogP contribution in [0.15, 0.2) is 57.8 Å². The second-order valence-electron chi connectivity index (χ2n) is 8.09. The molecule has 0 radical (unpaired) electrons. The maximum absolute atomic E-state index is 13.8. The van der Waals surface area contributed by atoms with Crippen molar-refractivity contribution in [3.8, 4) is 5.75 Å². The number of aliphatic hydroxyl groups is 1. The summed E-state index contributed by atoms with van der Waals surface area (Å²) in [6.07, 6.45) is 0. The lowest BCUT2D eigenvalue weighted by Crippen LogP contribution is -2.36. The summed E-state index contributed by atoms with van der Waals surface area (Å²) in [5.41, 5.74) is 0.299. The first-order valence-electron chi connectivity index (χ1n) is 10.0. The van der Waals surface area contributed by atoms with Crippen molar-refractivity contribution >= 4 is 27.5 Å². The van der Waals surface area contributed by atoms with Gasteiger partial charge in [-0.1, -0.05) is 12.1 Å². The van der Waals surface area contributed by atoms with Crippen molar-refractivity contribution in [1.29, 1.82) is 0 Å². The number of rotatable bonds is 7. The van der Waals surface area contributed by atoms with Gasteiger partial charge in [0.25, 0.3) is 11.5 Å². The molecule has 0 saturated heterocycles. The average molecular weight is 521 g/mol. The molecule has 0 aliphatic heterocycles. The van der Waals surface area contributed by atoms with E-state index in [1.54, 1.807) is 41.8 Å². The molecule has 0 unspecified atom stereocenters. The van der Waals surface area contributed by atoms with E-state index in [4.69, 9.17) is 4.74 Å². The van der Waals surface area contributed by atoms with Gasteiger partial charge in [-0.3, -0.25) is 9.59 Å². The molecule has 6 nitrogen and oxygen atoms in total.